The number of aliphatic hydroxyl groups is 1. The Morgan fingerprint density at radius 2 is 2.00 bits per heavy atom. The van der Waals surface area contributed by atoms with Crippen molar-refractivity contribution in [3.63, 3.8) is 0 Å². The largest absolute Gasteiger partial charge is 0.388 e. The second-order valence-corrected chi connectivity index (χ2v) is 5.02. The van der Waals surface area contributed by atoms with Gasteiger partial charge in [0.15, 0.2) is 0 Å². The first-order chi connectivity index (χ1) is 8.97. The molecule has 0 aliphatic rings. The summed E-state index contributed by atoms with van der Waals surface area (Å²) >= 11 is 5.84. The molecule has 1 heterocycles. The first-order valence-corrected chi connectivity index (χ1v) is 6.41. The Kier molecular flexibility index (Phi) is 4.17. The van der Waals surface area contributed by atoms with E-state index in [1.165, 1.54) is 18.2 Å². The van der Waals surface area contributed by atoms with E-state index in [0.717, 1.165) is 11.4 Å². The minimum atomic E-state index is -0.791. The van der Waals surface area contributed by atoms with Gasteiger partial charge in [0.25, 0.3) is 0 Å². The summed E-state index contributed by atoms with van der Waals surface area (Å²) < 4.78 is 13.6. The highest BCUT2D eigenvalue weighted by atomic mass is 35.5. The van der Waals surface area contributed by atoms with E-state index in [1.54, 1.807) is 0 Å². The molecule has 0 spiro atoms. The van der Waals surface area contributed by atoms with Gasteiger partial charge in [0.1, 0.15) is 5.82 Å². The van der Waals surface area contributed by atoms with Crippen LogP contribution in [0.4, 0.5) is 4.39 Å². The summed E-state index contributed by atoms with van der Waals surface area (Å²) in [6.45, 7) is 3.72. The number of nitrogens with zero attached hydrogens (tertiary/aromatic N) is 1. The van der Waals surface area contributed by atoms with Crippen LogP contribution in [0.15, 0.2) is 30.3 Å². The molecule has 2 aromatic rings. The Labute approximate surface area is 116 Å². The third-order valence-electron chi connectivity index (χ3n) is 3.05. The number of rotatable bonds is 3. The average molecular weight is 280 g/mol. The predicted molar refractivity (Wildman–Crippen MR) is 73.8 cm³/mol. The quantitative estimate of drug-likeness (QED) is 0.928. The van der Waals surface area contributed by atoms with Crippen LogP contribution < -0.4 is 0 Å². The predicted octanol–water partition coefficient (Wildman–Crippen LogP) is 3.77. The van der Waals surface area contributed by atoms with Gasteiger partial charge < -0.3 is 5.11 Å². The van der Waals surface area contributed by atoms with Gasteiger partial charge in [-0.15, -0.1) is 0 Å². The Morgan fingerprint density at radius 1 is 1.26 bits per heavy atom. The van der Waals surface area contributed by atoms with Crippen molar-refractivity contribution in [3.8, 4) is 0 Å². The molecule has 1 aromatic carbocycles. The van der Waals surface area contributed by atoms with E-state index in [-0.39, 0.29) is 12.2 Å². The van der Waals surface area contributed by atoms with Gasteiger partial charge in [0.2, 0.25) is 0 Å². The van der Waals surface area contributed by atoms with E-state index in [4.69, 9.17) is 11.6 Å². The molecule has 0 saturated heterocycles. The molecular formula is C15H15ClFNO. The minimum Gasteiger partial charge on any atom is -0.388 e. The van der Waals surface area contributed by atoms with E-state index in [9.17, 15) is 9.50 Å². The van der Waals surface area contributed by atoms with Crippen LogP contribution in [0.3, 0.4) is 0 Å². The lowest BCUT2D eigenvalue weighted by Crippen LogP contribution is -2.07. The van der Waals surface area contributed by atoms with Crippen LogP contribution in [0.5, 0.6) is 0 Å². The highest BCUT2D eigenvalue weighted by Gasteiger charge is 2.14. The van der Waals surface area contributed by atoms with Gasteiger partial charge in [0.05, 0.1) is 6.10 Å². The fourth-order valence-corrected chi connectivity index (χ4v) is 2.26. The van der Waals surface area contributed by atoms with Crippen molar-refractivity contribution < 1.29 is 9.50 Å². The normalized spacial score (nSPS) is 12.5. The number of pyridine rings is 1. The number of aromatic nitrogens is 1. The first kappa shape index (κ1) is 14.0. The lowest BCUT2D eigenvalue weighted by molar-refractivity contribution is 0.176. The molecule has 1 aromatic heterocycles. The molecule has 0 aliphatic carbocycles. The molecule has 1 unspecified atom stereocenters. The van der Waals surface area contributed by atoms with E-state index >= 15 is 0 Å². The van der Waals surface area contributed by atoms with Crippen LogP contribution in [-0.4, -0.2) is 10.1 Å². The van der Waals surface area contributed by atoms with Crippen molar-refractivity contribution in [2.75, 3.05) is 0 Å². The van der Waals surface area contributed by atoms with Crippen LogP contribution in [-0.2, 0) is 6.42 Å². The SMILES string of the molecule is Cc1ccc(C(O)Cc2cc(Cl)ccc2F)c(C)n1. The second-order valence-electron chi connectivity index (χ2n) is 4.58. The summed E-state index contributed by atoms with van der Waals surface area (Å²) in [7, 11) is 0. The van der Waals surface area contributed by atoms with Crippen LogP contribution >= 0.6 is 11.6 Å². The Balaban J connectivity index is 2.25. The van der Waals surface area contributed by atoms with Gasteiger partial charge in [0, 0.05) is 28.4 Å². The number of benzene rings is 1. The summed E-state index contributed by atoms with van der Waals surface area (Å²) in [4.78, 5) is 4.30. The maximum atomic E-state index is 13.6. The van der Waals surface area contributed by atoms with Crippen molar-refractivity contribution in [2.45, 2.75) is 26.4 Å². The molecule has 0 saturated carbocycles. The number of hydrogen-bond acceptors (Lipinski definition) is 2. The smallest absolute Gasteiger partial charge is 0.126 e. The number of halogens is 2. The highest BCUT2D eigenvalue weighted by Crippen LogP contribution is 2.24. The van der Waals surface area contributed by atoms with E-state index < -0.39 is 6.10 Å². The van der Waals surface area contributed by atoms with Crippen molar-refractivity contribution in [1.82, 2.24) is 4.98 Å². The van der Waals surface area contributed by atoms with Gasteiger partial charge in [-0.25, -0.2) is 4.39 Å². The number of aryl methyl sites for hydroxylation is 2. The molecule has 4 heteroatoms. The van der Waals surface area contributed by atoms with E-state index in [1.807, 2.05) is 26.0 Å². The van der Waals surface area contributed by atoms with Crippen molar-refractivity contribution in [1.29, 1.82) is 0 Å². The Bertz CT molecular complexity index is 601. The summed E-state index contributed by atoms with van der Waals surface area (Å²) in [5.41, 5.74) is 2.77. The number of hydrogen-bond donors (Lipinski definition) is 1. The molecule has 2 rings (SSSR count). The summed E-state index contributed by atoms with van der Waals surface area (Å²) in [6.07, 6.45) is -0.612. The molecule has 0 radical (unpaired) electrons. The lowest BCUT2D eigenvalue weighted by atomic mass is 10.00. The monoisotopic (exact) mass is 279 g/mol. The fraction of sp³-hybridized carbons (Fsp3) is 0.267. The Morgan fingerprint density at radius 3 is 2.68 bits per heavy atom. The molecule has 0 aliphatic heterocycles. The molecule has 100 valence electrons. The van der Waals surface area contributed by atoms with Gasteiger partial charge in [-0.3, -0.25) is 4.98 Å². The molecule has 19 heavy (non-hydrogen) atoms. The molecule has 0 fully saturated rings. The van der Waals surface area contributed by atoms with Gasteiger partial charge >= 0.3 is 0 Å². The van der Waals surface area contributed by atoms with Gasteiger partial charge in [-0.05, 0) is 43.7 Å². The Hall–Kier alpha value is -1.45. The molecular weight excluding hydrogens is 265 g/mol. The molecule has 0 bridgehead atoms. The zero-order valence-electron chi connectivity index (χ0n) is 10.8. The van der Waals surface area contributed by atoms with Crippen molar-refractivity contribution in [3.05, 3.63) is 63.7 Å². The first-order valence-electron chi connectivity index (χ1n) is 6.03. The minimum absolute atomic E-state index is 0.179. The summed E-state index contributed by atoms with van der Waals surface area (Å²) in [5, 5.41) is 10.7. The molecule has 1 N–H and O–H groups in total. The lowest BCUT2D eigenvalue weighted by Gasteiger charge is -2.14. The zero-order valence-corrected chi connectivity index (χ0v) is 11.6. The van der Waals surface area contributed by atoms with E-state index in [0.29, 0.717) is 16.1 Å². The summed E-state index contributed by atoms with van der Waals surface area (Å²) in [5.74, 6) is -0.360. The van der Waals surface area contributed by atoms with Crippen LogP contribution in [0.1, 0.15) is 28.6 Å². The zero-order chi connectivity index (χ0) is 14.0. The number of aliphatic hydroxyl groups excluding tert-OH is 1. The van der Waals surface area contributed by atoms with E-state index in [2.05, 4.69) is 4.98 Å². The molecule has 0 amide bonds. The van der Waals surface area contributed by atoms with Crippen LogP contribution in [0.2, 0.25) is 5.02 Å². The third kappa shape index (κ3) is 3.31. The average Bonchev–Trinajstić information content (AvgIpc) is 2.33. The summed E-state index contributed by atoms with van der Waals surface area (Å²) in [6, 6.07) is 8.00. The maximum absolute atomic E-state index is 13.6. The van der Waals surface area contributed by atoms with Crippen LogP contribution in [0.25, 0.3) is 0 Å². The molecule has 1 atom stereocenters. The third-order valence-corrected chi connectivity index (χ3v) is 3.28. The standard InChI is InChI=1S/C15H15ClFNO/c1-9-3-5-13(10(2)18-9)15(19)8-11-7-12(16)4-6-14(11)17/h3-7,15,19H,8H2,1-2H3. The van der Waals surface area contributed by atoms with Crippen molar-refractivity contribution in [2.24, 2.45) is 0 Å². The highest BCUT2D eigenvalue weighted by molar-refractivity contribution is 6.30. The van der Waals surface area contributed by atoms with Crippen molar-refractivity contribution >= 4 is 11.6 Å². The second kappa shape index (κ2) is 5.68. The van der Waals surface area contributed by atoms with Gasteiger partial charge in [-0.2, -0.15) is 0 Å². The molecule has 2 nitrogen and oxygen atoms in total. The topological polar surface area (TPSA) is 33.1 Å². The van der Waals surface area contributed by atoms with Gasteiger partial charge in [-0.1, -0.05) is 17.7 Å². The maximum Gasteiger partial charge on any atom is 0.126 e. The van der Waals surface area contributed by atoms with Crippen LogP contribution in [0, 0.1) is 19.7 Å². The fourth-order valence-electron chi connectivity index (χ4n) is 2.07.